The van der Waals surface area contributed by atoms with E-state index in [2.05, 4.69) is 13.0 Å². The molecule has 0 spiro atoms. The molecule has 0 unspecified atom stereocenters. The molecule has 136 valence electrons. The van der Waals surface area contributed by atoms with E-state index in [1.807, 2.05) is 0 Å². The maximum atomic E-state index is 12.5. The van der Waals surface area contributed by atoms with E-state index in [1.165, 1.54) is 12.5 Å². The van der Waals surface area contributed by atoms with Crippen LogP contribution in [0.15, 0.2) is 11.6 Å². The Kier molecular flexibility index (Phi) is 3.93. The summed E-state index contributed by atoms with van der Waals surface area (Å²) in [6.45, 7) is 4.04. The number of ketones is 2. The number of Topliss-reactive ketones (excluding diaryl/α,β-unsaturated/α-hetero) is 2. The second-order valence-electron chi connectivity index (χ2n) is 8.91. The first-order chi connectivity index (χ1) is 11.9. The number of hydrogen-bond acceptors (Lipinski definition) is 4. The van der Waals surface area contributed by atoms with Gasteiger partial charge >= 0.3 is 5.97 Å². The number of rotatable bonds is 2. The molecule has 0 aromatic heterocycles. The molecule has 4 nitrogen and oxygen atoms in total. The Labute approximate surface area is 149 Å². The van der Waals surface area contributed by atoms with Crippen LogP contribution in [-0.2, 0) is 19.1 Å². The lowest BCUT2D eigenvalue weighted by molar-refractivity contribution is -0.149. The van der Waals surface area contributed by atoms with Gasteiger partial charge in [0.1, 0.15) is 18.2 Å². The van der Waals surface area contributed by atoms with Crippen molar-refractivity contribution in [2.24, 2.45) is 28.6 Å². The summed E-state index contributed by atoms with van der Waals surface area (Å²) in [6.07, 6.45) is 8.81. The number of carbonyl (C=O) groups excluding carboxylic acids is 3. The lowest BCUT2D eigenvalue weighted by Crippen LogP contribution is -2.53. The van der Waals surface area contributed by atoms with E-state index in [-0.39, 0.29) is 16.8 Å². The third-order valence-corrected chi connectivity index (χ3v) is 7.90. The van der Waals surface area contributed by atoms with Gasteiger partial charge in [-0.15, -0.1) is 0 Å². The Morgan fingerprint density at radius 2 is 2.00 bits per heavy atom. The molecule has 0 aromatic rings. The molecule has 0 N–H and O–H groups in total. The van der Waals surface area contributed by atoms with Crippen molar-refractivity contribution in [3.05, 3.63) is 11.6 Å². The third kappa shape index (κ3) is 2.43. The molecule has 0 heterocycles. The molecule has 4 heteroatoms. The van der Waals surface area contributed by atoms with Crippen LogP contribution in [-0.4, -0.2) is 24.1 Å². The third-order valence-electron chi connectivity index (χ3n) is 7.90. The first-order valence-corrected chi connectivity index (χ1v) is 9.75. The first-order valence-electron chi connectivity index (χ1n) is 9.75. The number of carbonyl (C=O) groups is 3. The highest BCUT2D eigenvalue weighted by Crippen LogP contribution is 2.63. The van der Waals surface area contributed by atoms with Gasteiger partial charge in [0, 0.05) is 37.0 Å². The predicted octanol–water partition coefficient (Wildman–Crippen LogP) is 3.63. The highest BCUT2D eigenvalue weighted by molar-refractivity contribution is 5.87. The fourth-order valence-electron chi connectivity index (χ4n) is 6.55. The van der Waals surface area contributed by atoms with Gasteiger partial charge in [0.05, 0.1) is 0 Å². The van der Waals surface area contributed by atoms with Crippen molar-refractivity contribution >= 4 is 17.5 Å². The van der Waals surface area contributed by atoms with Gasteiger partial charge in [0.15, 0.2) is 0 Å². The van der Waals surface area contributed by atoms with Crippen LogP contribution in [0.1, 0.15) is 65.2 Å². The van der Waals surface area contributed by atoms with Crippen molar-refractivity contribution < 1.29 is 19.1 Å². The Balaban J connectivity index is 1.71. The molecule has 0 saturated heterocycles. The molecule has 0 aromatic carbocycles. The largest absolute Gasteiger partial charge is 0.465 e. The van der Waals surface area contributed by atoms with Crippen LogP contribution in [0.25, 0.3) is 0 Å². The summed E-state index contributed by atoms with van der Waals surface area (Å²) < 4.78 is 5.53. The molecule has 0 radical (unpaired) electrons. The van der Waals surface area contributed by atoms with Crippen LogP contribution >= 0.6 is 0 Å². The maximum absolute atomic E-state index is 12.5. The summed E-state index contributed by atoms with van der Waals surface area (Å²) >= 11 is 0. The number of esters is 1. The summed E-state index contributed by atoms with van der Waals surface area (Å²) in [5.41, 5.74) is 0.883. The van der Waals surface area contributed by atoms with Crippen LogP contribution in [0.2, 0.25) is 0 Å². The average Bonchev–Trinajstić information content (AvgIpc) is 2.88. The summed E-state index contributed by atoms with van der Waals surface area (Å²) in [6, 6.07) is 0. The summed E-state index contributed by atoms with van der Waals surface area (Å²) in [5.74, 6) is 1.87. The van der Waals surface area contributed by atoms with Crippen molar-refractivity contribution in [2.75, 3.05) is 6.61 Å². The fourth-order valence-corrected chi connectivity index (χ4v) is 6.55. The van der Waals surface area contributed by atoms with E-state index in [0.717, 1.165) is 38.5 Å². The lowest BCUT2D eigenvalue weighted by Gasteiger charge is -2.56. The van der Waals surface area contributed by atoms with Gasteiger partial charge in [-0.2, -0.15) is 0 Å². The fraction of sp³-hybridized carbons (Fsp3) is 0.762. The molecule has 25 heavy (non-hydrogen) atoms. The summed E-state index contributed by atoms with van der Waals surface area (Å²) in [4.78, 5) is 36.0. The van der Waals surface area contributed by atoms with Crippen LogP contribution < -0.4 is 0 Å². The summed E-state index contributed by atoms with van der Waals surface area (Å²) in [7, 11) is 0. The second kappa shape index (κ2) is 5.78. The highest BCUT2D eigenvalue weighted by Gasteiger charge is 2.60. The number of ether oxygens (including phenoxy) is 1. The zero-order valence-corrected chi connectivity index (χ0v) is 15.3. The quantitative estimate of drug-likeness (QED) is 0.567. The van der Waals surface area contributed by atoms with Crippen molar-refractivity contribution in [1.29, 1.82) is 0 Å². The second-order valence-corrected chi connectivity index (χ2v) is 8.91. The Bertz CT molecular complexity index is 663. The highest BCUT2D eigenvalue weighted by atomic mass is 16.5. The first kappa shape index (κ1) is 17.0. The minimum atomic E-state index is -0.246. The molecular weight excluding hydrogens is 316 g/mol. The van der Waals surface area contributed by atoms with Crippen LogP contribution in [0.5, 0.6) is 0 Å². The van der Waals surface area contributed by atoms with E-state index in [9.17, 15) is 14.4 Å². The van der Waals surface area contributed by atoms with Gasteiger partial charge in [0.25, 0.3) is 0 Å². The van der Waals surface area contributed by atoms with E-state index < -0.39 is 0 Å². The molecule has 4 aliphatic rings. The van der Waals surface area contributed by atoms with Crippen molar-refractivity contribution in [1.82, 2.24) is 0 Å². The molecular formula is C21H28O4. The molecule has 0 amide bonds. The maximum Gasteiger partial charge on any atom is 0.302 e. The number of allylic oxidation sites excluding steroid dienone is 1. The zero-order valence-electron chi connectivity index (χ0n) is 15.3. The SMILES string of the molecule is CC(=O)OC[C@]12CCC(=O)CC1=CC[C@@H]1[C@@H]2CC[C@]2(C)C(=O)CC[C@@H]12. The molecule has 3 fully saturated rings. The molecule has 0 bridgehead atoms. The molecule has 0 aliphatic heterocycles. The van der Waals surface area contributed by atoms with Crippen molar-refractivity contribution in [3.8, 4) is 0 Å². The standard InChI is InChI=1S/C21H28O4/c1-13(22)25-12-21-10-7-15(23)11-14(21)3-4-16-17-5-6-19(24)20(17,2)9-8-18(16)21/h3,16-18H,4-12H2,1-2H3/t16-,17-,18-,20-,21+/m0/s1. The zero-order chi connectivity index (χ0) is 17.8. The van der Waals surface area contributed by atoms with Gasteiger partial charge in [-0.25, -0.2) is 0 Å². The van der Waals surface area contributed by atoms with E-state index in [4.69, 9.17) is 4.74 Å². The van der Waals surface area contributed by atoms with Gasteiger partial charge in [-0.3, -0.25) is 14.4 Å². The molecule has 3 saturated carbocycles. The Morgan fingerprint density at radius 1 is 1.20 bits per heavy atom. The summed E-state index contributed by atoms with van der Waals surface area (Å²) in [5, 5.41) is 0. The van der Waals surface area contributed by atoms with Gasteiger partial charge in [-0.05, 0) is 49.9 Å². The lowest BCUT2D eigenvalue weighted by atomic mass is 9.47. The van der Waals surface area contributed by atoms with Crippen LogP contribution in [0, 0.1) is 28.6 Å². The normalized spacial score (nSPS) is 43.0. The Morgan fingerprint density at radius 3 is 2.76 bits per heavy atom. The van der Waals surface area contributed by atoms with Crippen LogP contribution in [0.4, 0.5) is 0 Å². The van der Waals surface area contributed by atoms with Crippen LogP contribution in [0.3, 0.4) is 0 Å². The average molecular weight is 344 g/mol. The molecule has 5 atom stereocenters. The van der Waals surface area contributed by atoms with Gasteiger partial charge < -0.3 is 4.74 Å². The number of fused-ring (bicyclic) bond motifs is 5. The van der Waals surface area contributed by atoms with Gasteiger partial charge in [0.2, 0.25) is 0 Å². The van der Waals surface area contributed by atoms with Crippen molar-refractivity contribution in [2.45, 2.75) is 65.2 Å². The van der Waals surface area contributed by atoms with E-state index in [1.54, 1.807) is 0 Å². The minimum absolute atomic E-state index is 0.153. The minimum Gasteiger partial charge on any atom is -0.465 e. The van der Waals surface area contributed by atoms with Crippen molar-refractivity contribution in [3.63, 3.8) is 0 Å². The van der Waals surface area contributed by atoms with E-state index in [0.29, 0.717) is 48.8 Å². The van der Waals surface area contributed by atoms with E-state index >= 15 is 0 Å². The number of hydrogen-bond donors (Lipinski definition) is 0. The monoisotopic (exact) mass is 344 g/mol. The molecule has 4 aliphatic carbocycles. The Hall–Kier alpha value is -1.45. The topological polar surface area (TPSA) is 60.4 Å². The van der Waals surface area contributed by atoms with Gasteiger partial charge in [-0.1, -0.05) is 18.6 Å². The predicted molar refractivity (Wildman–Crippen MR) is 92.7 cm³/mol. The molecule has 4 rings (SSSR count). The smallest absolute Gasteiger partial charge is 0.302 e.